The van der Waals surface area contributed by atoms with E-state index in [9.17, 15) is 9.90 Å². The van der Waals surface area contributed by atoms with Crippen molar-refractivity contribution in [3.8, 4) is 0 Å². The summed E-state index contributed by atoms with van der Waals surface area (Å²) in [5, 5.41) is 13.4. The number of esters is 1. The van der Waals surface area contributed by atoms with Crippen LogP contribution in [0.5, 0.6) is 0 Å². The third-order valence-electron chi connectivity index (χ3n) is 3.03. The lowest BCUT2D eigenvalue weighted by Crippen LogP contribution is -2.22. The summed E-state index contributed by atoms with van der Waals surface area (Å²) in [6.07, 6.45) is 0. The fraction of sp³-hybridized carbons (Fsp3) is 0.692. The van der Waals surface area contributed by atoms with Crippen molar-refractivity contribution in [2.45, 2.75) is 45.9 Å². The topological polar surface area (TPSA) is 73.6 Å². The molecule has 1 aromatic heterocycles. The van der Waals surface area contributed by atoms with Gasteiger partial charge in [0.2, 0.25) is 0 Å². The zero-order valence-electron chi connectivity index (χ0n) is 12.9. The minimum atomic E-state index is -1.14. The molecule has 0 aliphatic rings. The van der Waals surface area contributed by atoms with Gasteiger partial charge in [-0.15, -0.1) is 0 Å². The van der Waals surface area contributed by atoms with Gasteiger partial charge < -0.3 is 14.6 Å². The van der Waals surface area contributed by atoms with Crippen LogP contribution in [0.4, 0.5) is 0 Å². The Balaban J connectivity index is 2.76. The molecule has 0 amide bonds. The molecule has 0 spiro atoms. The number of aromatic nitrogens is 2. The first-order chi connectivity index (χ1) is 9.30. The van der Waals surface area contributed by atoms with E-state index in [4.69, 9.17) is 9.47 Å². The smallest absolute Gasteiger partial charge is 0.356 e. The van der Waals surface area contributed by atoms with Crippen molar-refractivity contribution >= 4 is 14.0 Å². The van der Waals surface area contributed by atoms with Crippen LogP contribution >= 0.6 is 0 Å². The largest absolute Gasteiger partial charge is 0.464 e. The number of carbonyl (C=O) groups is 1. The van der Waals surface area contributed by atoms with E-state index in [1.807, 2.05) is 0 Å². The number of hydrogen-bond acceptors (Lipinski definition) is 5. The molecule has 1 aromatic rings. The highest BCUT2D eigenvalue weighted by atomic mass is 28.3. The third kappa shape index (κ3) is 4.43. The first-order valence-corrected chi connectivity index (χ1v) is 10.3. The molecule has 0 atom stereocenters. The Kier molecular flexibility index (Phi) is 5.91. The Morgan fingerprint density at radius 2 is 2.05 bits per heavy atom. The van der Waals surface area contributed by atoms with Crippen LogP contribution in [0.3, 0.4) is 0 Å². The molecular formula is C13H24N2O4Si. The molecule has 7 heteroatoms. The van der Waals surface area contributed by atoms with Gasteiger partial charge >= 0.3 is 5.97 Å². The van der Waals surface area contributed by atoms with Gasteiger partial charge in [0.25, 0.3) is 0 Å². The van der Waals surface area contributed by atoms with E-state index < -0.39 is 14.0 Å². The standard InChI is InChI=1S/C13H24N2O4Si/c1-10-11(8-16)14-15(12(10)13(17)18-2)9-19-6-7-20(3,4)5/h16H,6-9H2,1-5H3. The van der Waals surface area contributed by atoms with E-state index in [1.165, 1.54) is 11.8 Å². The molecule has 0 saturated heterocycles. The molecule has 0 unspecified atom stereocenters. The number of nitrogens with zero attached hydrogens (tertiary/aromatic N) is 2. The van der Waals surface area contributed by atoms with E-state index in [1.54, 1.807) is 6.92 Å². The zero-order valence-corrected chi connectivity index (χ0v) is 13.9. The number of aliphatic hydroxyl groups excluding tert-OH is 1. The molecule has 0 radical (unpaired) electrons. The number of ether oxygens (including phenoxy) is 2. The van der Waals surface area contributed by atoms with Gasteiger partial charge in [-0.05, 0) is 13.0 Å². The second-order valence-electron chi connectivity index (χ2n) is 5.92. The number of carbonyl (C=O) groups excluding carboxylic acids is 1. The van der Waals surface area contributed by atoms with E-state index >= 15 is 0 Å². The Morgan fingerprint density at radius 3 is 2.55 bits per heavy atom. The molecule has 20 heavy (non-hydrogen) atoms. The molecule has 0 aromatic carbocycles. The third-order valence-corrected chi connectivity index (χ3v) is 4.73. The van der Waals surface area contributed by atoms with Gasteiger partial charge in [0.1, 0.15) is 6.73 Å². The fourth-order valence-corrected chi connectivity index (χ4v) is 2.49. The zero-order chi connectivity index (χ0) is 15.3. The van der Waals surface area contributed by atoms with E-state index in [2.05, 4.69) is 24.7 Å². The maximum atomic E-state index is 11.8. The first kappa shape index (κ1) is 16.9. The van der Waals surface area contributed by atoms with Crippen LogP contribution in [0.25, 0.3) is 0 Å². The van der Waals surface area contributed by atoms with Gasteiger partial charge in [-0.25, -0.2) is 9.48 Å². The van der Waals surface area contributed by atoms with Crippen molar-refractivity contribution in [3.63, 3.8) is 0 Å². The summed E-state index contributed by atoms with van der Waals surface area (Å²) in [6.45, 7) is 9.19. The first-order valence-electron chi connectivity index (χ1n) is 6.63. The Labute approximate surface area is 120 Å². The highest BCUT2D eigenvalue weighted by molar-refractivity contribution is 6.76. The highest BCUT2D eigenvalue weighted by Gasteiger charge is 2.21. The van der Waals surface area contributed by atoms with Crippen molar-refractivity contribution in [3.05, 3.63) is 17.0 Å². The van der Waals surface area contributed by atoms with Crippen LogP contribution in [-0.2, 0) is 22.8 Å². The molecule has 1 rings (SSSR count). The lowest BCUT2D eigenvalue weighted by Gasteiger charge is -2.15. The minimum Gasteiger partial charge on any atom is -0.464 e. The molecule has 114 valence electrons. The summed E-state index contributed by atoms with van der Waals surface area (Å²) in [5.41, 5.74) is 1.44. The number of rotatable bonds is 7. The van der Waals surface area contributed by atoms with Crippen molar-refractivity contribution in [1.82, 2.24) is 9.78 Å². The summed E-state index contributed by atoms with van der Waals surface area (Å²) < 4.78 is 11.8. The van der Waals surface area contributed by atoms with Gasteiger partial charge in [0.05, 0.1) is 19.4 Å². The SMILES string of the molecule is COC(=O)c1c(C)c(CO)nn1COCC[Si](C)(C)C. The predicted octanol–water partition coefficient (Wildman–Crippen LogP) is 1.78. The Hall–Kier alpha value is -1.18. The molecule has 6 nitrogen and oxygen atoms in total. The van der Waals surface area contributed by atoms with Gasteiger partial charge in [0, 0.05) is 20.2 Å². The van der Waals surface area contributed by atoms with Gasteiger partial charge in [-0.1, -0.05) is 19.6 Å². The van der Waals surface area contributed by atoms with E-state index in [0.29, 0.717) is 23.6 Å². The van der Waals surface area contributed by atoms with Crippen LogP contribution in [0.1, 0.15) is 21.7 Å². The van der Waals surface area contributed by atoms with Gasteiger partial charge in [-0.3, -0.25) is 0 Å². The molecule has 0 aliphatic heterocycles. The van der Waals surface area contributed by atoms with Crippen molar-refractivity contribution in [2.24, 2.45) is 0 Å². The van der Waals surface area contributed by atoms with E-state index in [-0.39, 0.29) is 13.3 Å². The van der Waals surface area contributed by atoms with Crippen LogP contribution in [-0.4, -0.2) is 42.6 Å². The fourth-order valence-electron chi connectivity index (χ4n) is 1.73. The van der Waals surface area contributed by atoms with Gasteiger partial charge in [-0.2, -0.15) is 5.10 Å². The molecule has 1 heterocycles. The second-order valence-corrected chi connectivity index (χ2v) is 11.5. The summed E-state index contributed by atoms with van der Waals surface area (Å²) in [7, 11) is 0.187. The molecule has 0 fully saturated rings. The maximum absolute atomic E-state index is 11.8. The molecule has 0 aliphatic carbocycles. The number of hydrogen-bond donors (Lipinski definition) is 1. The minimum absolute atomic E-state index is 0.190. The summed E-state index contributed by atoms with van der Waals surface area (Å²) in [4.78, 5) is 11.8. The maximum Gasteiger partial charge on any atom is 0.356 e. The second kappa shape index (κ2) is 7.01. The monoisotopic (exact) mass is 300 g/mol. The van der Waals surface area contributed by atoms with Crippen LogP contribution < -0.4 is 0 Å². The summed E-state index contributed by atoms with van der Waals surface area (Å²) in [5.74, 6) is -0.469. The van der Waals surface area contributed by atoms with Crippen molar-refractivity contribution in [2.75, 3.05) is 13.7 Å². The van der Waals surface area contributed by atoms with E-state index in [0.717, 1.165) is 6.04 Å². The molecule has 1 N–H and O–H groups in total. The van der Waals surface area contributed by atoms with Gasteiger partial charge in [0.15, 0.2) is 5.69 Å². The molecular weight excluding hydrogens is 276 g/mol. The number of methoxy groups -OCH3 is 1. The lowest BCUT2D eigenvalue weighted by atomic mass is 10.2. The molecule has 0 bridgehead atoms. The summed E-state index contributed by atoms with van der Waals surface area (Å²) >= 11 is 0. The average molecular weight is 300 g/mol. The van der Waals surface area contributed by atoms with Crippen LogP contribution in [0, 0.1) is 6.92 Å². The Morgan fingerprint density at radius 1 is 1.40 bits per heavy atom. The van der Waals surface area contributed by atoms with Crippen molar-refractivity contribution < 1.29 is 19.4 Å². The lowest BCUT2D eigenvalue weighted by molar-refractivity contribution is 0.0515. The predicted molar refractivity (Wildman–Crippen MR) is 78.3 cm³/mol. The average Bonchev–Trinajstić information content (AvgIpc) is 2.69. The van der Waals surface area contributed by atoms with Crippen LogP contribution in [0.2, 0.25) is 25.7 Å². The Bertz CT molecular complexity index is 466. The quantitative estimate of drug-likeness (QED) is 0.472. The number of aliphatic hydroxyl groups is 1. The normalized spacial score (nSPS) is 11.7. The highest BCUT2D eigenvalue weighted by Crippen LogP contribution is 2.15. The molecule has 0 saturated carbocycles. The summed E-state index contributed by atoms with van der Waals surface area (Å²) in [6, 6.07) is 1.05. The van der Waals surface area contributed by atoms with Crippen molar-refractivity contribution in [1.29, 1.82) is 0 Å². The van der Waals surface area contributed by atoms with Crippen LogP contribution in [0.15, 0.2) is 0 Å².